The maximum atomic E-state index is 12.4. The number of aromatic nitrogens is 1. The number of carbonyl (C=O) groups is 1. The molecule has 1 unspecified atom stereocenters. The number of hydrogen-bond donors (Lipinski definition) is 0. The first-order chi connectivity index (χ1) is 11.3. The van der Waals surface area contributed by atoms with E-state index in [4.69, 9.17) is 0 Å². The number of carbonyl (C=O) groups excluding carboxylic acids is 1. The molecule has 1 saturated heterocycles. The zero-order valence-electron chi connectivity index (χ0n) is 13.1. The lowest BCUT2D eigenvalue weighted by Gasteiger charge is -2.23. The number of nitrogens with zero attached hydrogens (tertiary/aromatic N) is 2. The number of likely N-dealkylation sites (N-methyl/N-ethyl adjacent to an activating group) is 1. The molecule has 2 heterocycles. The lowest BCUT2D eigenvalue weighted by molar-refractivity contribution is -0.130. The fourth-order valence-corrected chi connectivity index (χ4v) is 5.70. The topological polar surface area (TPSA) is 67.3 Å². The second-order valence-electron chi connectivity index (χ2n) is 5.89. The van der Waals surface area contributed by atoms with E-state index in [0.29, 0.717) is 12.1 Å². The van der Waals surface area contributed by atoms with Crippen LogP contribution in [0.2, 0.25) is 0 Å². The van der Waals surface area contributed by atoms with Gasteiger partial charge in [-0.05, 0) is 18.6 Å². The largest absolute Gasteiger partial charge is 0.341 e. The van der Waals surface area contributed by atoms with Gasteiger partial charge in [-0.2, -0.15) is 0 Å². The highest BCUT2D eigenvalue weighted by molar-refractivity contribution is 9.10. The highest BCUT2D eigenvalue weighted by Crippen LogP contribution is 2.26. The molecule has 1 amide bonds. The molecule has 2 aromatic rings. The summed E-state index contributed by atoms with van der Waals surface area (Å²) < 4.78 is 24.1. The number of sulfone groups is 1. The van der Waals surface area contributed by atoms with Crippen LogP contribution in [0.5, 0.6) is 0 Å². The second-order valence-corrected chi connectivity index (χ2v) is 9.90. The molecule has 8 heteroatoms. The normalized spacial score (nSPS) is 19.3. The number of rotatable bonds is 4. The minimum Gasteiger partial charge on any atom is -0.341 e. The van der Waals surface area contributed by atoms with E-state index >= 15 is 0 Å². The summed E-state index contributed by atoms with van der Waals surface area (Å²) in [6.07, 6.45) is 0.711. The van der Waals surface area contributed by atoms with E-state index in [2.05, 4.69) is 20.9 Å². The predicted molar refractivity (Wildman–Crippen MR) is 98.8 cm³/mol. The molecule has 1 aliphatic rings. The quantitative estimate of drug-likeness (QED) is 0.750. The molecule has 0 spiro atoms. The van der Waals surface area contributed by atoms with Crippen molar-refractivity contribution < 1.29 is 13.2 Å². The molecule has 0 bridgehead atoms. The van der Waals surface area contributed by atoms with Gasteiger partial charge < -0.3 is 4.90 Å². The summed E-state index contributed by atoms with van der Waals surface area (Å²) in [6.45, 7) is 0. The van der Waals surface area contributed by atoms with Crippen LogP contribution in [0.1, 0.15) is 12.1 Å². The van der Waals surface area contributed by atoms with Crippen LogP contribution in [-0.4, -0.2) is 48.8 Å². The van der Waals surface area contributed by atoms with Crippen molar-refractivity contribution in [2.45, 2.75) is 18.9 Å². The molecule has 0 aliphatic carbocycles. The average Bonchev–Trinajstić information content (AvgIpc) is 3.13. The third-order valence-electron chi connectivity index (χ3n) is 4.11. The molecule has 3 rings (SSSR count). The van der Waals surface area contributed by atoms with Gasteiger partial charge in [0.15, 0.2) is 9.84 Å². The molecule has 0 N–H and O–H groups in total. The first-order valence-electron chi connectivity index (χ1n) is 7.50. The lowest BCUT2D eigenvalue weighted by atomic mass is 10.2. The molecule has 0 radical (unpaired) electrons. The molecule has 1 atom stereocenters. The van der Waals surface area contributed by atoms with Crippen molar-refractivity contribution in [2.75, 3.05) is 18.6 Å². The van der Waals surface area contributed by atoms with Gasteiger partial charge in [-0.3, -0.25) is 4.79 Å². The molecule has 1 aliphatic heterocycles. The Morgan fingerprint density at radius 2 is 2.25 bits per heavy atom. The van der Waals surface area contributed by atoms with Crippen molar-refractivity contribution in [1.82, 2.24) is 9.88 Å². The number of amides is 1. The zero-order valence-corrected chi connectivity index (χ0v) is 16.3. The Morgan fingerprint density at radius 3 is 2.92 bits per heavy atom. The van der Waals surface area contributed by atoms with Crippen molar-refractivity contribution in [3.63, 3.8) is 0 Å². The molecule has 1 aromatic carbocycles. The molecule has 128 valence electrons. The Bertz CT molecular complexity index is 864. The van der Waals surface area contributed by atoms with Crippen molar-refractivity contribution in [3.8, 4) is 10.6 Å². The molecule has 0 saturated carbocycles. The summed E-state index contributed by atoms with van der Waals surface area (Å²) >= 11 is 4.94. The van der Waals surface area contributed by atoms with Crippen LogP contribution >= 0.6 is 27.3 Å². The van der Waals surface area contributed by atoms with Crippen LogP contribution < -0.4 is 0 Å². The number of thiazole rings is 1. The molecule has 24 heavy (non-hydrogen) atoms. The summed E-state index contributed by atoms with van der Waals surface area (Å²) in [5, 5.41) is 2.75. The SMILES string of the molecule is CN(C(=O)Cc1csc(-c2cccc(Br)c2)n1)C1CCS(=O)(=O)C1. The van der Waals surface area contributed by atoms with E-state index in [-0.39, 0.29) is 29.9 Å². The van der Waals surface area contributed by atoms with Gasteiger partial charge in [0.2, 0.25) is 5.91 Å². The van der Waals surface area contributed by atoms with Gasteiger partial charge in [0.05, 0.1) is 23.6 Å². The summed E-state index contributed by atoms with van der Waals surface area (Å²) in [4.78, 5) is 18.5. The van der Waals surface area contributed by atoms with Crippen molar-refractivity contribution in [2.24, 2.45) is 0 Å². The predicted octanol–water partition coefficient (Wildman–Crippen LogP) is 2.76. The third-order valence-corrected chi connectivity index (χ3v) is 7.29. The summed E-state index contributed by atoms with van der Waals surface area (Å²) in [5.41, 5.74) is 1.72. The van der Waals surface area contributed by atoms with Gasteiger partial charge in [0, 0.05) is 28.5 Å². The van der Waals surface area contributed by atoms with Gasteiger partial charge in [0.1, 0.15) is 5.01 Å². The highest BCUT2D eigenvalue weighted by Gasteiger charge is 2.32. The monoisotopic (exact) mass is 428 g/mol. The molecular formula is C16H17BrN2O3S2. The molecule has 1 aromatic heterocycles. The number of hydrogen-bond acceptors (Lipinski definition) is 5. The number of halogens is 1. The van der Waals surface area contributed by atoms with E-state index in [1.807, 2.05) is 29.6 Å². The molecule has 1 fully saturated rings. The van der Waals surface area contributed by atoms with Crippen LogP contribution in [0.25, 0.3) is 10.6 Å². The maximum Gasteiger partial charge on any atom is 0.228 e. The Balaban J connectivity index is 1.67. The molecule has 5 nitrogen and oxygen atoms in total. The van der Waals surface area contributed by atoms with Crippen molar-refractivity contribution >= 4 is 43.0 Å². The second kappa shape index (κ2) is 6.93. The van der Waals surface area contributed by atoms with E-state index in [1.54, 1.807) is 11.9 Å². The molecular weight excluding hydrogens is 412 g/mol. The van der Waals surface area contributed by atoms with E-state index in [1.165, 1.54) is 11.3 Å². The van der Waals surface area contributed by atoms with E-state index in [9.17, 15) is 13.2 Å². The van der Waals surface area contributed by atoms with Crippen LogP contribution in [0.15, 0.2) is 34.1 Å². The minimum absolute atomic E-state index is 0.0651. The number of benzene rings is 1. The maximum absolute atomic E-state index is 12.4. The smallest absolute Gasteiger partial charge is 0.228 e. The zero-order chi connectivity index (χ0) is 17.3. The lowest BCUT2D eigenvalue weighted by Crippen LogP contribution is -2.38. The van der Waals surface area contributed by atoms with Crippen molar-refractivity contribution in [1.29, 1.82) is 0 Å². The van der Waals surface area contributed by atoms with Gasteiger partial charge >= 0.3 is 0 Å². The summed E-state index contributed by atoms with van der Waals surface area (Å²) in [5.74, 6) is 0.137. The van der Waals surface area contributed by atoms with Crippen molar-refractivity contribution in [3.05, 3.63) is 39.8 Å². The van der Waals surface area contributed by atoms with Crippen LogP contribution in [0.3, 0.4) is 0 Å². The summed E-state index contributed by atoms with van der Waals surface area (Å²) in [6, 6.07) is 7.64. The Kier molecular flexibility index (Phi) is 5.08. The average molecular weight is 429 g/mol. The van der Waals surface area contributed by atoms with Crippen LogP contribution in [0.4, 0.5) is 0 Å². The van der Waals surface area contributed by atoms with Crippen LogP contribution in [-0.2, 0) is 21.1 Å². The van der Waals surface area contributed by atoms with E-state index < -0.39 is 9.84 Å². The van der Waals surface area contributed by atoms with Gasteiger partial charge in [-0.1, -0.05) is 28.1 Å². The van der Waals surface area contributed by atoms with E-state index in [0.717, 1.165) is 15.0 Å². The summed E-state index contributed by atoms with van der Waals surface area (Å²) in [7, 11) is -1.32. The first kappa shape index (κ1) is 17.6. The minimum atomic E-state index is -2.99. The van der Waals surface area contributed by atoms with Gasteiger partial charge in [-0.25, -0.2) is 13.4 Å². The van der Waals surface area contributed by atoms with Gasteiger partial charge in [0.25, 0.3) is 0 Å². The third kappa shape index (κ3) is 4.04. The standard InChI is InChI=1S/C16H17BrN2O3S2/c1-19(14-5-6-24(21,22)10-14)15(20)8-13-9-23-16(18-13)11-3-2-4-12(17)7-11/h2-4,7,9,14H,5-6,8,10H2,1H3. The fourth-order valence-electron chi connectivity index (χ4n) is 2.71. The first-order valence-corrected chi connectivity index (χ1v) is 11.0. The Labute approximate surface area is 153 Å². The van der Waals surface area contributed by atoms with Crippen LogP contribution in [0, 0.1) is 0 Å². The highest BCUT2D eigenvalue weighted by atomic mass is 79.9. The van der Waals surface area contributed by atoms with Gasteiger partial charge in [-0.15, -0.1) is 11.3 Å². The fraction of sp³-hybridized carbons (Fsp3) is 0.375. The Morgan fingerprint density at radius 1 is 1.46 bits per heavy atom. The Hall–Kier alpha value is -1.25.